The van der Waals surface area contributed by atoms with Crippen LogP contribution in [0.5, 0.6) is 0 Å². The molecule has 0 bridgehead atoms. The molecule has 0 aromatic heterocycles. The van der Waals surface area contributed by atoms with Crippen molar-refractivity contribution in [3.05, 3.63) is 0 Å². The van der Waals surface area contributed by atoms with Gasteiger partial charge in [0.25, 0.3) is 0 Å². The molecule has 0 N–H and O–H groups in total. The van der Waals surface area contributed by atoms with Crippen LogP contribution in [0.2, 0.25) is 0 Å². The summed E-state index contributed by atoms with van der Waals surface area (Å²) < 4.78 is 0. The number of carbonyl (C=O) groups is 2. The molecular weight excluding hydrogens is 226 g/mol. The minimum Gasteiger partial charge on any atom is -0.333 e. The molecule has 0 unspecified atom stereocenters. The van der Waals surface area contributed by atoms with E-state index in [1.54, 1.807) is 0 Å². The van der Waals surface area contributed by atoms with Crippen molar-refractivity contribution in [1.29, 1.82) is 0 Å². The summed E-state index contributed by atoms with van der Waals surface area (Å²) in [5, 5.41) is 0. The van der Waals surface area contributed by atoms with Gasteiger partial charge in [0, 0.05) is 24.4 Å². The highest BCUT2D eigenvalue weighted by atomic mass is 16.2. The second-order valence-electron chi connectivity index (χ2n) is 6.50. The largest absolute Gasteiger partial charge is 0.333 e. The molecule has 2 saturated heterocycles. The Bertz CT molecular complexity index is 368. The summed E-state index contributed by atoms with van der Waals surface area (Å²) in [7, 11) is 0. The molecule has 18 heavy (non-hydrogen) atoms. The van der Waals surface area contributed by atoms with E-state index in [1.807, 2.05) is 0 Å². The van der Waals surface area contributed by atoms with E-state index in [0.29, 0.717) is 30.6 Å². The standard InChI is InChI=1S/C15H23NO2/c1-11-10-14(18)16-12(6-9-17)4-2-7-15(16)8-3-5-13(11)15/h9,11-13H,2-8,10H2,1H3/t11-,12+,13+,15+/m1/s1. The number of rotatable bonds is 2. The zero-order chi connectivity index (χ0) is 12.8. The Hall–Kier alpha value is -0.860. The first-order valence-corrected chi connectivity index (χ1v) is 7.45. The number of nitrogens with zero attached hydrogens (tertiary/aromatic N) is 1. The van der Waals surface area contributed by atoms with Crippen LogP contribution in [-0.2, 0) is 9.59 Å². The molecule has 3 fully saturated rings. The molecule has 0 radical (unpaired) electrons. The average molecular weight is 249 g/mol. The summed E-state index contributed by atoms with van der Waals surface area (Å²) in [5.74, 6) is 1.53. The number of carbonyl (C=O) groups excluding carboxylic acids is 2. The third-order valence-corrected chi connectivity index (χ3v) is 5.63. The molecular formula is C15H23NO2. The maximum atomic E-state index is 12.5. The monoisotopic (exact) mass is 249 g/mol. The maximum absolute atomic E-state index is 12.5. The molecule has 3 aliphatic rings. The van der Waals surface area contributed by atoms with Gasteiger partial charge in [0.15, 0.2) is 0 Å². The maximum Gasteiger partial charge on any atom is 0.223 e. The summed E-state index contributed by atoms with van der Waals surface area (Å²) in [4.78, 5) is 25.5. The highest BCUT2D eigenvalue weighted by molar-refractivity contribution is 5.79. The van der Waals surface area contributed by atoms with Crippen LogP contribution in [-0.4, -0.2) is 28.7 Å². The average Bonchev–Trinajstić information content (AvgIpc) is 2.73. The number of hydrogen-bond acceptors (Lipinski definition) is 2. The van der Waals surface area contributed by atoms with Crippen LogP contribution in [0.15, 0.2) is 0 Å². The fraction of sp³-hybridized carbons (Fsp3) is 0.867. The van der Waals surface area contributed by atoms with Gasteiger partial charge in [-0.1, -0.05) is 13.3 Å². The molecule has 100 valence electrons. The van der Waals surface area contributed by atoms with Crippen molar-refractivity contribution in [2.24, 2.45) is 11.8 Å². The van der Waals surface area contributed by atoms with Crippen molar-refractivity contribution in [3.63, 3.8) is 0 Å². The molecule has 2 aliphatic heterocycles. The minimum absolute atomic E-state index is 0.126. The van der Waals surface area contributed by atoms with Gasteiger partial charge in [-0.2, -0.15) is 0 Å². The van der Waals surface area contributed by atoms with Crippen LogP contribution in [0.4, 0.5) is 0 Å². The summed E-state index contributed by atoms with van der Waals surface area (Å²) in [5.41, 5.74) is 0.126. The Balaban J connectivity index is 1.97. The quantitative estimate of drug-likeness (QED) is 0.705. The first kappa shape index (κ1) is 12.2. The SMILES string of the molecule is C[C@@H]1CC(=O)N2[C@H](CC=O)CCC[C@@]23CCC[C@@H]13. The lowest BCUT2D eigenvalue weighted by atomic mass is 9.67. The van der Waals surface area contributed by atoms with Crippen LogP contribution in [0.25, 0.3) is 0 Å². The van der Waals surface area contributed by atoms with Gasteiger partial charge in [-0.05, 0) is 43.9 Å². The molecule has 3 heteroatoms. The van der Waals surface area contributed by atoms with Gasteiger partial charge in [-0.25, -0.2) is 0 Å². The van der Waals surface area contributed by atoms with Crippen LogP contribution >= 0.6 is 0 Å². The topological polar surface area (TPSA) is 37.4 Å². The van der Waals surface area contributed by atoms with Gasteiger partial charge in [0.05, 0.1) is 0 Å². The van der Waals surface area contributed by atoms with Gasteiger partial charge >= 0.3 is 0 Å². The molecule has 3 rings (SSSR count). The van der Waals surface area contributed by atoms with Crippen molar-refractivity contribution in [1.82, 2.24) is 4.90 Å². The van der Waals surface area contributed by atoms with E-state index in [2.05, 4.69) is 11.8 Å². The van der Waals surface area contributed by atoms with Gasteiger partial charge < -0.3 is 9.69 Å². The fourth-order valence-electron chi connectivity index (χ4n) is 5.07. The van der Waals surface area contributed by atoms with Gasteiger partial charge in [-0.3, -0.25) is 4.79 Å². The Morgan fingerprint density at radius 3 is 2.78 bits per heavy atom. The first-order valence-electron chi connectivity index (χ1n) is 7.45. The van der Waals surface area contributed by atoms with Crippen molar-refractivity contribution in [2.45, 2.75) is 69.9 Å². The van der Waals surface area contributed by atoms with E-state index in [-0.39, 0.29) is 11.6 Å². The predicted molar refractivity (Wildman–Crippen MR) is 69.0 cm³/mol. The van der Waals surface area contributed by atoms with Crippen molar-refractivity contribution >= 4 is 12.2 Å². The Labute approximate surface area is 109 Å². The zero-order valence-electron chi connectivity index (χ0n) is 11.2. The molecule has 0 aromatic rings. The van der Waals surface area contributed by atoms with Crippen molar-refractivity contribution in [2.75, 3.05) is 0 Å². The lowest BCUT2D eigenvalue weighted by Gasteiger charge is -2.57. The van der Waals surface area contributed by atoms with Gasteiger partial charge in [0.1, 0.15) is 6.29 Å². The summed E-state index contributed by atoms with van der Waals surface area (Å²) in [6.07, 6.45) is 9.31. The highest BCUT2D eigenvalue weighted by Gasteiger charge is 2.56. The summed E-state index contributed by atoms with van der Waals surface area (Å²) >= 11 is 0. The van der Waals surface area contributed by atoms with Crippen LogP contribution in [0.3, 0.4) is 0 Å². The van der Waals surface area contributed by atoms with E-state index in [1.165, 1.54) is 32.1 Å². The van der Waals surface area contributed by atoms with E-state index < -0.39 is 0 Å². The minimum atomic E-state index is 0.126. The number of aldehydes is 1. The predicted octanol–water partition coefficient (Wildman–Crippen LogP) is 2.54. The van der Waals surface area contributed by atoms with Gasteiger partial charge in [0.2, 0.25) is 5.91 Å². The highest BCUT2D eigenvalue weighted by Crippen LogP contribution is 2.54. The van der Waals surface area contributed by atoms with Crippen molar-refractivity contribution < 1.29 is 9.59 Å². The lowest BCUT2D eigenvalue weighted by molar-refractivity contribution is -0.159. The Kier molecular flexibility index (Phi) is 2.95. The molecule has 1 saturated carbocycles. The molecule has 1 aliphatic carbocycles. The van der Waals surface area contributed by atoms with E-state index in [4.69, 9.17) is 0 Å². The zero-order valence-corrected chi connectivity index (χ0v) is 11.2. The molecule has 1 spiro atoms. The lowest BCUT2D eigenvalue weighted by Crippen LogP contribution is -2.65. The fourth-order valence-corrected chi connectivity index (χ4v) is 5.07. The molecule has 0 aromatic carbocycles. The Morgan fingerprint density at radius 2 is 2.06 bits per heavy atom. The first-order chi connectivity index (χ1) is 8.69. The number of hydrogen-bond donors (Lipinski definition) is 0. The van der Waals surface area contributed by atoms with Crippen molar-refractivity contribution in [3.8, 4) is 0 Å². The van der Waals surface area contributed by atoms with Crippen LogP contribution < -0.4 is 0 Å². The van der Waals surface area contributed by atoms with E-state index >= 15 is 0 Å². The second-order valence-corrected chi connectivity index (χ2v) is 6.50. The normalized spacial score (nSPS) is 43.5. The molecule has 1 amide bonds. The molecule has 2 heterocycles. The number of piperidine rings is 2. The Morgan fingerprint density at radius 1 is 1.33 bits per heavy atom. The number of amides is 1. The smallest absolute Gasteiger partial charge is 0.223 e. The van der Waals surface area contributed by atoms with E-state index in [0.717, 1.165) is 12.7 Å². The third-order valence-electron chi connectivity index (χ3n) is 5.63. The summed E-state index contributed by atoms with van der Waals surface area (Å²) in [6, 6.07) is 0.192. The molecule has 4 atom stereocenters. The molecule has 3 nitrogen and oxygen atoms in total. The third kappa shape index (κ3) is 1.55. The van der Waals surface area contributed by atoms with Crippen LogP contribution in [0.1, 0.15) is 58.3 Å². The van der Waals surface area contributed by atoms with Crippen LogP contribution in [0, 0.1) is 11.8 Å². The second kappa shape index (κ2) is 4.36. The van der Waals surface area contributed by atoms with E-state index in [9.17, 15) is 9.59 Å². The summed E-state index contributed by atoms with van der Waals surface area (Å²) in [6.45, 7) is 2.25. The van der Waals surface area contributed by atoms with Gasteiger partial charge in [-0.15, -0.1) is 0 Å².